The maximum Gasteiger partial charge on any atom is 0.393 e. The summed E-state index contributed by atoms with van der Waals surface area (Å²) in [7, 11) is 9.49. The molecule has 6 fully saturated rings. The van der Waals surface area contributed by atoms with E-state index in [4.69, 9.17) is 11.6 Å². The third-order valence-electron chi connectivity index (χ3n) is 21.3. The summed E-state index contributed by atoms with van der Waals surface area (Å²) in [4.78, 5) is 188. The number of hydrogen-bond acceptors (Lipinski definition) is 13. The number of amides is 12. The number of likely N-dealkylation sites (N-methyl/N-ethyl adjacent to an activating group) is 7. The van der Waals surface area contributed by atoms with E-state index in [-0.39, 0.29) is 76.2 Å². The largest absolute Gasteiger partial charge is 0.394 e. The Kier molecular flexibility index (Phi) is 28.6. The van der Waals surface area contributed by atoms with E-state index in [1.54, 1.807) is 11.8 Å². The summed E-state index contributed by atoms with van der Waals surface area (Å²) in [5.74, 6) is -11.5. The molecule has 3 heterocycles. The summed E-state index contributed by atoms with van der Waals surface area (Å²) in [6.45, 7) is 5.19. The fraction of sp³-hybridized carbons (Fsp3) is 0.821. The van der Waals surface area contributed by atoms with Gasteiger partial charge in [0, 0.05) is 74.3 Å². The lowest BCUT2D eigenvalue weighted by atomic mass is 9.78. The lowest BCUT2D eigenvalue weighted by Gasteiger charge is -2.43. The molecule has 3 aliphatic carbocycles. The van der Waals surface area contributed by atoms with Gasteiger partial charge in [-0.15, -0.1) is 11.6 Å². The number of alkyl halides is 4. The van der Waals surface area contributed by atoms with Crippen LogP contribution in [0.5, 0.6) is 0 Å². The number of aliphatic hydroxyl groups is 1. The van der Waals surface area contributed by atoms with Crippen molar-refractivity contribution in [2.75, 3.05) is 95.2 Å². The van der Waals surface area contributed by atoms with Crippen LogP contribution in [0.25, 0.3) is 0 Å². The molecule has 0 aromatic heterocycles. The monoisotopic (exact) mass is 1380 g/mol. The molecule has 6 aliphatic rings. The van der Waals surface area contributed by atoms with Crippen LogP contribution in [0.3, 0.4) is 0 Å². The van der Waals surface area contributed by atoms with Crippen molar-refractivity contribution in [3.05, 3.63) is 0 Å². The van der Waals surface area contributed by atoms with E-state index in [2.05, 4.69) is 16.0 Å². The number of fused-ring (bicyclic) bond motifs is 1. The maximum atomic E-state index is 15.8. The molecule has 3 unspecified atom stereocenters. The molecule has 11 atom stereocenters. The first-order valence-corrected chi connectivity index (χ1v) is 35.2. The molecular formula is C67H108ClF3N12O13. The zero-order chi connectivity index (χ0) is 71.3. The van der Waals surface area contributed by atoms with Crippen molar-refractivity contribution in [2.45, 2.75) is 228 Å². The van der Waals surface area contributed by atoms with Gasteiger partial charge in [0.1, 0.15) is 47.8 Å². The Balaban J connectivity index is 1.41. The van der Waals surface area contributed by atoms with Crippen molar-refractivity contribution in [3.8, 4) is 0 Å². The Bertz CT molecular complexity index is 2780. The highest BCUT2D eigenvalue weighted by Gasteiger charge is 2.52. The predicted octanol–water partition coefficient (Wildman–Crippen LogP) is 3.51. The third-order valence-corrected chi connectivity index (χ3v) is 21.8. The van der Waals surface area contributed by atoms with Gasteiger partial charge >= 0.3 is 6.18 Å². The number of rotatable bonds is 10. The highest BCUT2D eigenvalue weighted by Crippen LogP contribution is 2.44. The second kappa shape index (κ2) is 34.9. The van der Waals surface area contributed by atoms with Crippen molar-refractivity contribution in [3.63, 3.8) is 0 Å². The van der Waals surface area contributed by atoms with Crippen LogP contribution in [-0.2, 0) is 57.5 Å². The summed E-state index contributed by atoms with van der Waals surface area (Å²) in [6.07, 6.45) is 2.91. The van der Waals surface area contributed by atoms with Crippen molar-refractivity contribution < 1.29 is 75.8 Å². The van der Waals surface area contributed by atoms with Gasteiger partial charge < -0.3 is 65.2 Å². The summed E-state index contributed by atoms with van der Waals surface area (Å²) < 4.78 is 41.7. The van der Waals surface area contributed by atoms with Gasteiger partial charge in [-0.2, -0.15) is 13.2 Å². The first-order chi connectivity index (χ1) is 45.2. The number of hydrogen-bond donors (Lipinski definition) is 4. The molecule has 6 rings (SSSR count). The molecule has 3 aliphatic heterocycles. The second-order valence-corrected chi connectivity index (χ2v) is 29.2. The lowest BCUT2D eigenvalue weighted by molar-refractivity contribution is -0.182. The molecule has 1 spiro atoms. The minimum Gasteiger partial charge on any atom is -0.394 e. The zero-order valence-electron chi connectivity index (χ0n) is 58.4. The van der Waals surface area contributed by atoms with Crippen molar-refractivity contribution in [1.82, 2.24) is 60.0 Å². The van der Waals surface area contributed by atoms with Crippen LogP contribution >= 0.6 is 11.6 Å². The molecule has 4 N–H and O–H groups in total. The molecule has 25 nitrogen and oxygen atoms in total. The van der Waals surface area contributed by atoms with Gasteiger partial charge in [-0.25, -0.2) is 0 Å². The third kappa shape index (κ3) is 19.5. The van der Waals surface area contributed by atoms with Gasteiger partial charge in [0.25, 0.3) is 0 Å². The van der Waals surface area contributed by atoms with E-state index in [0.717, 1.165) is 45.3 Å². The Morgan fingerprint density at radius 1 is 0.625 bits per heavy atom. The van der Waals surface area contributed by atoms with Crippen LogP contribution in [0.15, 0.2) is 0 Å². The average Bonchev–Trinajstić information content (AvgIpc) is 1.02. The summed E-state index contributed by atoms with van der Waals surface area (Å²) in [5.41, 5.74) is -1.57. The van der Waals surface area contributed by atoms with Gasteiger partial charge in [0.05, 0.1) is 38.6 Å². The number of halogens is 4. The van der Waals surface area contributed by atoms with Crippen LogP contribution in [0, 0.1) is 29.6 Å². The van der Waals surface area contributed by atoms with Crippen LogP contribution in [-0.4, -0.2) is 275 Å². The predicted molar refractivity (Wildman–Crippen MR) is 350 cm³/mol. The average molecular weight is 1380 g/mol. The molecule has 0 aromatic rings. The number of carbonyl (C=O) groups is 12. The van der Waals surface area contributed by atoms with Gasteiger partial charge in [-0.3, -0.25) is 57.5 Å². The second-order valence-electron chi connectivity index (χ2n) is 28.7. The first kappa shape index (κ1) is 78.7. The van der Waals surface area contributed by atoms with E-state index in [1.807, 2.05) is 20.8 Å². The Morgan fingerprint density at radius 2 is 1.23 bits per heavy atom. The van der Waals surface area contributed by atoms with Crippen LogP contribution in [0.2, 0.25) is 0 Å². The highest BCUT2D eigenvalue weighted by atomic mass is 35.5. The molecule has 96 heavy (non-hydrogen) atoms. The highest BCUT2D eigenvalue weighted by molar-refractivity contribution is 6.21. The normalized spacial score (nSPS) is 29.7. The molecule has 0 aromatic carbocycles. The first-order valence-electron chi connectivity index (χ1n) is 34.8. The van der Waals surface area contributed by atoms with E-state index >= 15 is 28.8 Å². The Morgan fingerprint density at radius 3 is 1.82 bits per heavy atom. The fourth-order valence-corrected chi connectivity index (χ4v) is 15.5. The van der Waals surface area contributed by atoms with E-state index in [1.165, 1.54) is 68.9 Å². The van der Waals surface area contributed by atoms with E-state index in [9.17, 15) is 47.0 Å². The molecule has 29 heteroatoms. The van der Waals surface area contributed by atoms with Crippen LogP contribution < -0.4 is 16.0 Å². The fourth-order valence-electron chi connectivity index (χ4n) is 15.0. The van der Waals surface area contributed by atoms with Crippen molar-refractivity contribution in [1.29, 1.82) is 0 Å². The van der Waals surface area contributed by atoms with Gasteiger partial charge in [0.2, 0.25) is 70.9 Å². The molecule has 3 saturated heterocycles. The molecule has 0 bridgehead atoms. The number of nitrogens with zero attached hydrogens (tertiary/aromatic N) is 9. The number of nitrogens with one attached hydrogen (secondary N) is 3. The van der Waals surface area contributed by atoms with Crippen LogP contribution in [0.4, 0.5) is 13.2 Å². The summed E-state index contributed by atoms with van der Waals surface area (Å²) in [5, 5.41) is 18.0. The lowest BCUT2D eigenvalue weighted by Crippen LogP contribution is -2.65. The molecule has 12 amide bonds. The molecule has 542 valence electrons. The number of aliphatic hydroxyl groups excluding tert-OH is 1. The van der Waals surface area contributed by atoms with Gasteiger partial charge in [-0.1, -0.05) is 66.2 Å². The zero-order valence-corrected chi connectivity index (χ0v) is 59.2. The van der Waals surface area contributed by atoms with Crippen molar-refractivity contribution >= 4 is 82.5 Å². The SMILES string of the molecule is CC[C@H](C)[C@@H]1NC(=O)[C@H](CC(C)C)N(C)C(=O)C[C@@H](C(=O)N2CCCCC2)N(C)C(=O)[C@H](C2CCCCC2)N(C)C(=O)C2(CCCC2)NC(=O)[C@@H]2CCCN2C(=O)[C@H](CCC2CCC(C(F)(F)F)C(Cl)C2)NC(=O)CN(C)C(=O)[C@H](CO)N(C)C(=O)CN(C)C(=O)CN(C)C1=O. The standard InChI is InChI=1S/C67H108ClF3N12O13/c1-12-42(4)56-63(94)77(7)38-54(87)75(5)39-55(88)79(9)51(40-84)61(92)76(6)37-52(85)72-47(28-26-43-25-27-45(46(68)35-43)67(69,70)71)60(91)83-33-21-24-48(83)59(90)74-66(29-17-18-30-66)65(96)81(11)57(44-22-15-13-16-23-44)64(95)80(10)50(62(93)82-31-19-14-20-32-82)36-53(86)78(8)49(34-41(2)3)58(89)73-56/h41-51,56-57,84H,12-40H2,1-11H3,(H,72,85)(H,73,89)(H,74,90)/t42-,43?,45?,46?,47-,48-,49-,50-,51-,56-,57-/m0/s1. The maximum absolute atomic E-state index is 15.8. The Labute approximate surface area is 569 Å². The topological polar surface area (TPSA) is 290 Å². The van der Waals surface area contributed by atoms with Crippen molar-refractivity contribution in [2.24, 2.45) is 29.6 Å². The molecule has 0 radical (unpaired) electrons. The quantitative estimate of drug-likeness (QED) is 0.228. The number of carbonyl (C=O) groups excluding carboxylic acids is 12. The minimum absolute atomic E-state index is 0.0245. The summed E-state index contributed by atoms with van der Waals surface area (Å²) >= 11 is 6.35. The minimum atomic E-state index is -4.52. The Hall–Kier alpha value is -6.32. The smallest absolute Gasteiger partial charge is 0.393 e. The number of piperidine rings is 1. The molecular weight excluding hydrogens is 1270 g/mol. The van der Waals surface area contributed by atoms with Gasteiger partial charge in [0.15, 0.2) is 0 Å². The molecule has 3 saturated carbocycles. The van der Waals surface area contributed by atoms with E-state index < -0.39 is 181 Å². The number of likely N-dealkylation sites (tertiary alicyclic amines) is 1. The van der Waals surface area contributed by atoms with Gasteiger partial charge in [-0.05, 0) is 120 Å². The summed E-state index contributed by atoms with van der Waals surface area (Å²) in [6, 6.07) is -9.14. The van der Waals surface area contributed by atoms with Crippen LogP contribution in [0.1, 0.15) is 169 Å². The van der Waals surface area contributed by atoms with E-state index in [0.29, 0.717) is 64.5 Å².